The minimum atomic E-state index is -0.596. The largest absolute Gasteiger partial charge is 0.379 e. The van der Waals surface area contributed by atoms with Crippen LogP contribution in [0.4, 0.5) is 4.39 Å². The van der Waals surface area contributed by atoms with Crippen LogP contribution in [-0.2, 0) is 9.53 Å². The van der Waals surface area contributed by atoms with E-state index in [0.717, 1.165) is 0 Å². The lowest BCUT2D eigenvalue weighted by Gasteiger charge is -2.15. The van der Waals surface area contributed by atoms with Crippen LogP contribution in [0.25, 0.3) is 0 Å². The summed E-state index contributed by atoms with van der Waals surface area (Å²) in [4.78, 5) is 12.9. The standard InChI is InChI=1S/C8H13FN2O2S/c1-5(13-2)6-7(12)11(4-3-9)8(14)10-6/h5-6H,3-4H2,1-2H3,(H,10,14). The molecule has 1 fully saturated rings. The molecule has 0 aromatic carbocycles. The van der Waals surface area contributed by atoms with Crippen LogP contribution in [0.1, 0.15) is 6.92 Å². The predicted molar refractivity (Wildman–Crippen MR) is 53.7 cm³/mol. The van der Waals surface area contributed by atoms with Gasteiger partial charge in [0, 0.05) is 7.11 Å². The van der Waals surface area contributed by atoms with E-state index in [1.54, 1.807) is 6.92 Å². The molecular weight excluding hydrogens is 207 g/mol. The number of hydrogen-bond donors (Lipinski definition) is 1. The van der Waals surface area contributed by atoms with Gasteiger partial charge in [-0.1, -0.05) is 0 Å². The molecule has 4 nitrogen and oxygen atoms in total. The Morgan fingerprint density at radius 2 is 2.43 bits per heavy atom. The van der Waals surface area contributed by atoms with Crippen LogP contribution in [0, 0.1) is 0 Å². The van der Waals surface area contributed by atoms with Gasteiger partial charge in [0.25, 0.3) is 5.91 Å². The highest BCUT2D eigenvalue weighted by atomic mass is 32.1. The lowest BCUT2D eigenvalue weighted by Crippen LogP contribution is -2.40. The first-order valence-corrected chi connectivity index (χ1v) is 4.73. The van der Waals surface area contributed by atoms with Gasteiger partial charge in [-0.3, -0.25) is 9.69 Å². The Hall–Kier alpha value is -0.750. The fourth-order valence-electron chi connectivity index (χ4n) is 1.29. The molecule has 2 atom stereocenters. The molecule has 1 heterocycles. The zero-order valence-electron chi connectivity index (χ0n) is 8.12. The second-order valence-corrected chi connectivity index (χ2v) is 3.43. The van der Waals surface area contributed by atoms with Gasteiger partial charge in [-0.15, -0.1) is 0 Å². The first-order valence-electron chi connectivity index (χ1n) is 4.32. The molecule has 0 aliphatic carbocycles. The van der Waals surface area contributed by atoms with Gasteiger partial charge < -0.3 is 10.1 Å². The van der Waals surface area contributed by atoms with Crippen molar-refractivity contribution in [1.29, 1.82) is 0 Å². The molecule has 1 amide bonds. The summed E-state index contributed by atoms with van der Waals surface area (Å²) in [6, 6.07) is -0.487. The quantitative estimate of drug-likeness (QED) is 0.681. The van der Waals surface area contributed by atoms with Crippen molar-refractivity contribution in [3.8, 4) is 0 Å². The second kappa shape index (κ2) is 4.65. The fourth-order valence-corrected chi connectivity index (χ4v) is 1.60. The summed E-state index contributed by atoms with van der Waals surface area (Å²) in [5.74, 6) is -0.220. The zero-order chi connectivity index (χ0) is 10.7. The first-order chi connectivity index (χ1) is 6.61. The maximum absolute atomic E-state index is 12.1. The first kappa shape index (κ1) is 11.3. The second-order valence-electron chi connectivity index (χ2n) is 3.05. The third-order valence-corrected chi connectivity index (χ3v) is 2.54. The van der Waals surface area contributed by atoms with Crippen molar-refractivity contribution < 1.29 is 13.9 Å². The lowest BCUT2D eigenvalue weighted by molar-refractivity contribution is -0.129. The highest BCUT2D eigenvalue weighted by molar-refractivity contribution is 7.80. The van der Waals surface area contributed by atoms with E-state index in [1.807, 2.05) is 0 Å². The van der Waals surface area contributed by atoms with E-state index >= 15 is 0 Å². The van der Waals surface area contributed by atoms with E-state index in [-0.39, 0.29) is 23.7 Å². The van der Waals surface area contributed by atoms with Gasteiger partial charge in [0.2, 0.25) is 0 Å². The number of carbonyl (C=O) groups is 1. The Morgan fingerprint density at radius 1 is 1.79 bits per heavy atom. The van der Waals surface area contributed by atoms with Crippen LogP contribution in [0.5, 0.6) is 0 Å². The molecule has 0 bridgehead atoms. The van der Waals surface area contributed by atoms with Crippen molar-refractivity contribution in [2.75, 3.05) is 20.3 Å². The van der Waals surface area contributed by atoms with E-state index in [9.17, 15) is 9.18 Å². The molecule has 80 valence electrons. The smallest absolute Gasteiger partial charge is 0.254 e. The fraction of sp³-hybridized carbons (Fsp3) is 0.750. The Balaban J connectivity index is 2.68. The van der Waals surface area contributed by atoms with Crippen molar-refractivity contribution in [3.63, 3.8) is 0 Å². The van der Waals surface area contributed by atoms with Crippen LogP contribution in [0.3, 0.4) is 0 Å². The summed E-state index contributed by atoms with van der Waals surface area (Å²) in [5.41, 5.74) is 0. The topological polar surface area (TPSA) is 41.6 Å². The minimum Gasteiger partial charge on any atom is -0.379 e. The molecule has 14 heavy (non-hydrogen) atoms. The number of nitrogens with zero attached hydrogens (tertiary/aromatic N) is 1. The molecule has 1 rings (SSSR count). The monoisotopic (exact) mass is 220 g/mol. The van der Waals surface area contributed by atoms with Crippen LogP contribution in [0.2, 0.25) is 0 Å². The molecular formula is C8H13FN2O2S. The van der Waals surface area contributed by atoms with Gasteiger partial charge in [0.05, 0.1) is 12.6 Å². The number of ether oxygens (including phenoxy) is 1. The zero-order valence-corrected chi connectivity index (χ0v) is 8.94. The average molecular weight is 220 g/mol. The average Bonchev–Trinajstić information content (AvgIpc) is 2.45. The van der Waals surface area contributed by atoms with E-state index in [1.165, 1.54) is 12.0 Å². The molecule has 1 aliphatic heterocycles. The van der Waals surface area contributed by atoms with Crippen molar-refractivity contribution in [1.82, 2.24) is 10.2 Å². The summed E-state index contributed by atoms with van der Waals surface area (Å²) in [7, 11) is 1.51. The van der Waals surface area contributed by atoms with Crippen molar-refractivity contribution in [2.45, 2.75) is 19.1 Å². The number of thiocarbonyl (C=S) groups is 1. The van der Waals surface area contributed by atoms with Crippen molar-refractivity contribution in [3.05, 3.63) is 0 Å². The predicted octanol–water partition coefficient (Wildman–Crippen LogP) is 0.0761. The van der Waals surface area contributed by atoms with E-state index < -0.39 is 12.7 Å². The molecule has 1 aliphatic rings. The summed E-state index contributed by atoms with van der Waals surface area (Å²) in [5, 5.41) is 3.08. The summed E-state index contributed by atoms with van der Waals surface area (Å²) < 4.78 is 17.1. The third-order valence-electron chi connectivity index (χ3n) is 2.21. The van der Waals surface area contributed by atoms with Gasteiger partial charge in [0.1, 0.15) is 12.7 Å². The summed E-state index contributed by atoms with van der Waals surface area (Å²) in [6.45, 7) is 1.18. The van der Waals surface area contributed by atoms with Gasteiger partial charge in [-0.2, -0.15) is 0 Å². The molecule has 2 unspecified atom stereocenters. The molecule has 0 radical (unpaired) electrons. The van der Waals surface area contributed by atoms with Crippen LogP contribution < -0.4 is 5.32 Å². The number of nitrogens with one attached hydrogen (secondary N) is 1. The van der Waals surface area contributed by atoms with Gasteiger partial charge in [-0.25, -0.2) is 4.39 Å². The third kappa shape index (κ3) is 2.01. The summed E-state index contributed by atoms with van der Waals surface area (Å²) >= 11 is 4.90. The highest BCUT2D eigenvalue weighted by Crippen LogP contribution is 2.11. The maximum atomic E-state index is 12.1. The van der Waals surface area contributed by atoms with Gasteiger partial charge in [-0.05, 0) is 19.1 Å². The van der Waals surface area contributed by atoms with Crippen molar-refractivity contribution >= 4 is 23.2 Å². The van der Waals surface area contributed by atoms with Gasteiger partial charge in [0.15, 0.2) is 5.11 Å². The number of alkyl halides is 1. The number of carbonyl (C=O) groups excluding carboxylic acids is 1. The Bertz CT molecular complexity index is 249. The number of hydrogen-bond acceptors (Lipinski definition) is 3. The van der Waals surface area contributed by atoms with E-state index in [2.05, 4.69) is 5.32 Å². The molecule has 0 aromatic heterocycles. The maximum Gasteiger partial charge on any atom is 0.254 e. The highest BCUT2D eigenvalue weighted by Gasteiger charge is 2.38. The molecule has 6 heteroatoms. The number of methoxy groups -OCH3 is 1. The van der Waals surface area contributed by atoms with Crippen molar-refractivity contribution in [2.24, 2.45) is 0 Å². The lowest BCUT2D eigenvalue weighted by atomic mass is 10.2. The molecule has 0 saturated carbocycles. The molecule has 1 saturated heterocycles. The summed E-state index contributed by atoms with van der Waals surface area (Å²) in [6.07, 6.45) is -0.273. The number of rotatable bonds is 4. The number of amides is 1. The SMILES string of the molecule is COC(C)C1NC(=S)N(CCF)C1=O. The Labute approximate surface area is 87.4 Å². The number of halogens is 1. The van der Waals surface area contributed by atoms with E-state index in [0.29, 0.717) is 0 Å². The molecule has 0 spiro atoms. The minimum absolute atomic E-state index is 0.0115. The normalized spacial score (nSPS) is 23.9. The van der Waals surface area contributed by atoms with E-state index in [4.69, 9.17) is 17.0 Å². The van der Waals surface area contributed by atoms with Crippen LogP contribution in [-0.4, -0.2) is 48.4 Å². The van der Waals surface area contributed by atoms with Crippen LogP contribution in [0.15, 0.2) is 0 Å². The Morgan fingerprint density at radius 3 is 2.93 bits per heavy atom. The molecule has 0 aromatic rings. The van der Waals surface area contributed by atoms with Crippen LogP contribution >= 0.6 is 12.2 Å². The molecule has 1 N–H and O–H groups in total. The Kier molecular flexibility index (Phi) is 3.77. The van der Waals surface area contributed by atoms with Gasteiger partial charge >= 0.3 is 0 Å².